The summed E-state index contributed by atoms with van der Waals surface area (Å²) in [6.07, 6.45) is 6.21. The van der Waals surface area contributed by atoms with Crippen LogP contribution >= 0.6 is 12.4 Å². The van der Waals surface area contributed by atoms with Crippen LogP contribution in [-0.4, -0.2) is 16.3 Å². The van der Waals surface area contributed by atoms with Crippen LogP contribution in [0.2, 0.25) is 0 Å². The molecular formula is C10H16ClN3. The van der Waals surface area contributed by atoms with Crippen molar-refractivity contribution in [1.82, 2.24) is 15.1 Å². The Morgan fingerprint density at radius 1 is 1.50 bits per heavy atom. The zero-order valence-electron chi connectivity index (χ0n) is 8.20. The molecule has 0 aromatic carbocycles. The van der Waals surface area contributed by atoms with Crippen molar-refractivity contribution >= 4 is 12.4 Å². The fourth-order valence-corrected chi connectivity index (χ4v) is 1.95. The summed E-state index contributed by atoms with van der Waals surface area (Å²) in [5.41, 5.74) is 2.73. The summed E-state index contributed by atoms with van der Waals surface area (Å²) < 4.78 is 2.15. The predicted molar refractivity (Wildman–Crippen MR) is 57.6 cm³/mol. The molecule has 14 heavy (non-hydrogen) atoms. The minimum atomic E-state index is 0. The Labute approximate surface area is 90.3 Å². The molecule has 0 bridgehead atoms. The molecule has 0 radical (unpaired) electrons. The van der Waals surface area contributed by atoms with Crippen LogP contribution in [0.4, 0.5) is 0 Å². The molecule has 3 rings (SSSR count). The summed E-state index contributed by atoms with van der Waals surface area (Å²) in [4.78, 5) is 0. The molecule has 1 aromatic heterocycles. The summed E-state index contributed by atoms with van der Waals surface area (Å²) in [5.74, 6) is 0.925. The highest BCUT2D eigenvalue weighted by molar-refractivity contribution is 5.85. The van der Waals surface area contributed by atoms with Crippen LogP contribution in [0.25, 0.3) is 0 Å². The first-order valence-corrected chi connectivity index (χ1v) is 5.18. The Hall–Kier alpha value is -0.540. The first kappa shape index (κ1) is 9.99. The van der Waals surface area contributed by atoms with Gasteiger partial charge in [-0.3, -0.25) is 4.68 Å². The van der Waals surface area contributed by atoms with Crippen LogP contribution in [0.1, 0.15) is 24.1 Å². The van der Waals surface area contributed by atoms with Crippen LogP contribution in [0.15, 0.2) is 6.20 Å². The third-order valence-corrected chi connectivity index (χ3v) is 2.93. The second kappa shape index (κ2) is 3.91. The van der Waals surface area contributed by atoms with Crippen molar-refractivity contribution in [2.75, 3.05) is 6.54 Å². The lowest BCUT2D eigenvalue weighted by atomic mass is 10.1. The number of nitrogens with one attached hydrogen (secondary N) is 1. The molecule has 2 aliphatic rings. The van der Waals surface area contributed by atoms with Crippen molar-refractivity contribution in [3.63, 3.8) is 0 Å². The van der Waals surface area contributed by atoms with E-state index in [0.29, 0.717) is 0 Å². The second-order valence-electron chi connectivity index (χ2n) is 4.19. The quantitative estimate of drug-likeness (QED) is 0.804. The predicted octanol–water partition coefficient (Wildman–Crippen LogP) is 1.36. The number of aromatic nitrogens is 2. The molecule has 1 aromatic rings. The van der Waals surface area contributed by atoms with Crippen LogP contribution in [0.5, 0.6) is 0 Å². The highest BCUT2D eigenvalue weighted by Gasteiger charge is 2.23. The van der Waals surface area contributed by atoms with Crippen LogP contribution in [-0.2, 0) is 19.5 Å². The van der Waals surface area contributed by atoms with Crippen LogP contribution < -0.4 is 5.32 Å². The van der Waals surface area contributed by atoms with Crippen molar-refractivity contribution in [2.45, 2.75) is 32.4 Å². The van der Waals surface area contributed by atoms with E-state index in [4.69, 9.17) is 0 Å². The Morgan fingerprint density at radius 3 is 3.07 bits per heavy atom. The van der Waals surface area contributed by atoms with Gasteiger partial charge in [-0.2, -0.15) is 5.10 Å². The van der Waals surface area contributed by atoms with E-state index in [0.717, 1.165) is 32.0 Å². The molecular weight excluding hydrogens is 198 g/mol. The minimum Gasteiger partial charge on any atom is -0.311 e. The molecule has 1 aliphatic carbocycles. The molecule has 3 nitrogen and oxygen atoms in total. The SMILES string of the molecule is Cl.c1c2c(nn1CC1CC1)CNCC2. The van der Waals surface area contributed by atoms with Crippen molar-refractivity contribution < 1.29 is 0 Å². The molecule has 0 atom stereocenters. The van der Waals surface area contributed by atoms with Gasteiger partial charge in [0.25, 0.3) is 0 Å². The van der Waals surface area contributed by atoms with Gasteiger partial charge in [0.1, 0.15) is 0 Å². The first-order chi connectivity index (χ1) is 6.42. The molecule has 0 unspecified atom stereocenters. The average Bonchev–Trinajstić information content (AvgIpc) is 2.85. The van der Waals surface area contributed by atoms with Gasteiger partial charge in [0.2, 0.25) is 0 Å². The lowest BCUT2D eigenvalue weighted by molar-refractivity contribution is 0.550. The normalized spacial score (nSPS) is 20.0. The molecule has 2 heterocycles. The summed E-state index contributed by atoms with van der Waals surface area (Å²) >= 11 is 0. The van der Waals surface area contributed by atoms with Gasteiger partial charge in [-0.05, 0) is 37.3 Å². The van der Waals surface area contributed by atoms with Gasteiger partial charge in [-0.25, -0.2) is 0 Å². The monoisotopic (exact) mass is 213 g/mol. The molecule has 1 fully saturated rings. The summed E-state index contributed by atoms with van der Waals surface area (Å²) in [5, 5.41) is 7.93. The topological polar surface area (TPSA) is 29.9 Å². The van der Waals surface area contributed by atoms with E-state index in [1.54, 1.807) is 0 Å². The van der Waals surface area contributed by atoms with Gasteiger partial charge < -0.3 is 5.32 Å². The van der Waals surface area contributed by atoms with Crippen LogP contribution in [0.3, 0.4) is 0 Å². The van der Waals surface area contributed by atoms with E-state index < -0.39 is 0 Å². The lowest BCUT2D eigenvalue weighted by Crippen LogP contribution is -2.22. The Bertz CT molecular complexity index is 294. The zero-order valence-corrected chi connectivity index (χ0v) is 9.02. The molecule has 1 saturated carbocycles. The van der Waals surface area contributed by atoms with Gasteiger partial charge in [0.05, 0.1) is 5.69 Å². The van der Waals surface area contributed by atoms with Crippen molar-refractivity contribution in [2.24, 2.45) is 5.92 Å². The van der Waals surface area contributed by atoms with E-state index >= 15 is 0 Å². The van der Waals surface area contributed by atoms with E-state index in [9.17, 15) is 0 Å². The maximum atomic E-state index is 4.59. The molecule has 0 saturated heterocycles. The maximum Gasteiger partial charge on any atom is 0.0794 e. The van der Waals surface area contributed by atoms with Crippen molar-refractivity contribution in [3.8, 4) is 0 Å². The van der Waals surface area contributed by atoms with Crippen molar-refractivity contribution in [3.05, 3.63) is 17.5 Å². The number of halogens is 1. The molecule has 4 heteroatoms. The number of nitrogens with zero attached hydrogens (tertiary/aromatic N) is 2. The van der Waals surface area contributed by atoms with E-state index in [-0.39, 0.29) is 12.4 Å². The summed E-state index contributed by atoms with van der Waals surface area (Å²) in [6, 6.07) is 0. The highest BCUT2D eigenvalue weighted by atomic mass is 35.5. The zero-order chi connectivity index (χ0) is 8.67. The highest BCUT2D eigenvalue weighted by Crippen LogP contribution is 2.30. The smallest absolute Gasteiger partial charge is 0.0794 e. The molecule has 0 spiro atoms. The number of hydrogen-bond donors (Lipinski definition) is 1. The fourth-order valence-electron chi connectivity index (χ4n) is 1.95. The van der Waals surface area contributed by atoms with Crippen LogP contribution in [0, 0.1) is 5.92 Å². The van der Waals surface area contributed by atoms with E-state index in [1.165, 1.54) is 24.1 Å². The van der Waals surface area contributed by atoms with Gasteiger partial charge in [0.15, 0.2) is 0 Å². The van der Waals surface area contributed by atoms with E-state index in [2.05, 4.69) is 21.3 Å². The number of fused-ring (bicyclic) bond motifs is 1. The number of rotatable bonds is 2. The largest absolute Gasteiger partial charge is 0.311 e. The van der Waals surface area contributed by atoms with Gasteiger partial charge >= 0.3 is 0 Å². The van der Waals surface area contributed by atoms with Crippen molar-refractivity contribution in [1.29, 1.82) is 0 Å². The van der Waals surface area contributed by atoms with E-state index in [1.807, 2.05) is 0 Å². The van der Waals surface area contributed by atoms with Gasteiger partial charge in [-0.15, -0.1) is 12.4 Å². The Morgan fingerprint density at radius 2 is 2.36 bits per heavy atom. The Kier molecular flexibility index (Phi) is 2.79. The third-order valence-electron chi connectivity index (χ3n) is 2.93. The second-order valence-corrected chi connectivity index (χ2v) is 4.19. The molecule has 78 valence electrons. The first-order valence-electron chi connectivity index (χ1n) is 5.18. The summed E-state index contributed by atoms with van der Waals surface area (Å²) in [6.45, 7) is 3.22. The average molecular weight is 214 g/mol. The molecule has 0 amide bonds. The molecule has 1 aliphatic heterocycles. The summed E-state index contributed by atoms with van der Waals surface area (Å²) in [7, 11) is 0. The fraction of sp³-hybridized carbons (Fsp3) is 0.700. The van der Waals surface area contributed by atoms with Gasteiger partial charge in [0, 0.05) is 19.3 Å². The Balaban J connectivity index is 0.000000750. The standard InChI is InChI=1S/C10H15N3.ClH/c1-2-8(1)6-13-7-9-3-4-11-5-10(9)12-13;/h7-8,11H,1-6H2;1H. The third kappa shape index (κ3) is 1.93. The van der Waals surface area contributed by atoms with Gasteiger partial charge in [-0.1, -0.05) is 0 Å². The maximum absolute atomic E-state index is 4.59. The minimum absolute atomic E-state index is 0. The molecule has 1 N–H and O–H groups in total. The number of hydrogen-bond acceptors (Lipinski definition) is 2. The lowest BCUT2D eigenvalue weighted by Gasteiger charge is -2.09.